The molecular formula is C24H21FN6O2. The van der Waals surface area contributed by atoms with Crippen molar-refractivity contribution in [1.29, 1.82) is 0 Å². The first-order valence-corrected chi connectivity index (χ1v) is 10.5. The van der Waals surface area contributed by atoms with Crippen molar-refractivity contribution in [3.05, 3.63) is 90.6 Å². The number of benzene rings is 2. The lowest BCUT2D eigenvalue weighted by atomic mass is 10.2. The number of amides is 3. The van der Waals surface area contributed by atoms with Gasteiger partial charge in [-0.1, -0.05) is 18.2 Å². The highest BCUT2D eigenvalue weighted by Crippen LogP contribution is 2.25. The quantitative estimate of drug-likeness (QED) is 0.489. The van der Waals surface area contributed by atoms with Crippen LogP contribution in [0.15, 0.2) is 79.3 Å². The lowest BCUT2D eigenvalue weighted by molar-refractivity contribution is 0.102. The monoisotopic (exact) mass is 444 g/mol. The average Bonchev–Trinajstić information content (AvgIpc) is 3.50. The summed E-state index contributed by atoms with van der Waals surface area (Å²) in [7, 11) is 0. The first-order chi connectivity index (χ1) is 16.1. The molecule has 166 valence electrons. The van der Waals surface area contributed by atoms with Crippen LogP contribution in [0.2, 0.25) is 0 Å². The SMILES string of the molecule is O=C(Nc1cccc(N2CCCNC2=O)c1)c1cnn(-c2ccccc2F)c1-n1cccc1. The van der Waals surface area contributed by atoms with E-state index in [0.717, 1.165) is 6.42 Å². The summed E-state index contributed by atoms with van der Waals surface area (Å²) in [5, 5.41) is 10.00. The van der Waals surface area contributed by atoms with Gasteiger partial charge in [-0.15, -0.1) is 0 Å². The number of carbonyl (C=O) groups excluding carboxylic acids is 2. The van der Waals surface area contributed by atoms with Gasteiger partial charge < -0.3 is 15.2 Å². The van der Waals surface area contributed by atoms with Gasteiger partial charge in [-0.3, -0.25) is 9.69 Å². The number of nitrogens with one attached hydrogen (secondary N) is 2. The molecule has 0 aliphatic carbocycles. The van der Waals surface area contributed by atoms with E-state index >= 15 is 0 Å². The van der Waals surface area contributed by atoms with Crippen LogP contribution in [-0.2, 0) is 0 Å². The maximum absolute atomic E-state index is 14.5. The van der Waals surface area contributed by atoms with Crippen molar-refractivity contribution in [2.24, 2.45) is 0 Å². The van der Waals surface area contributed by atoms with Crippen molar-refractivity contribution >= 4 is 23.3 Å². The number of aromatic nitrogens is 3. The van der Waals surface area contributed by atoms with Gasteiger partial charge in [0.2, 0.25) is 0 Å². The van der Waals surface area contributed by atoms with E-state index in [-0.39, 0.29) is 17.3 Å². The molecule has 3 heterocycles. The highest BCUT2D eigenvalue weighted by atomic mass is 19.1. The molecule has 0 radical (unpaired) electrons. The molecule has 1 saturated heterocycles. The van der Waals surface area contributed by atoms with Crippen LogP contribution in [-0.4, -0.2) is 39.4 Å². The van der Waals surface area contributed by atoms with Crippen molar-refractivity contribution in [3.63, 3.8) is 0 Å². The van der Waals surface area contributed by atoms with Crippen LogP contribution in [0.3, 0.4) is 0 Å². The van der Waals surface area contributed by atoms with E-state index < -0.39 is 11.7 Å². The molecule has 1 aliphatic heterocycles. The summed E-state index contributed by atoms with van der Waals surface area (Å²) >= 11 is 0. The molecule has 2 aromatic heterocycles. The molecule has 2 N–H and O–H groups in total. The first kappa shape index (κ1) is 20.5. The van der Waals surface area contributed by atoms with E-state index in [1.54, 1.807) is 58.3 Å². The zero-order valence-corrected chi connectivity index (χ0v) is 17.6. The van der Waals surface area contributed by atoms with Gasteiger partial charge in [-0.2, -0.15) is 5.10 Å². The van der Waals surface area contributed by atoms with E-state index in [4.69, 9.17) is 0 Å². The Bertz CT molecular complexity index is 1310. The Labute approximate surface area is 189 Å². The smallest absolute Gasteiger partial charge is 0.321 e. The minimum absolute atomic E-state index is 0.161. The largest absolute Gasteiger partial charge is 0.338 e. The van der Waals surface area contributed by atoms with E-state index in [1.807, 2.05) is 18.2 Å². The molecule has 3 amide bonds. The van der Waals surface area contributed by atoms with Gasteiger partial charge in [-0.05, 0) is 48.9 Å². The molecule has 4 aromatic rings. The molecule has 0 saturated carbocycles. The maximum atomic E-state index is 14.5. The van der Waals surface area contributed by atoms with Crippen molar-refractivity contribution in [2.45, 2.75) is 6.42 Å². The van der Waals surface area contributed by atoms with Crippen molar-refractivity contribution in [3.8, 4) is 11.5 Å². The Hall–Kier alpha value is -4.40. The van der Waals surface area contributed by atoms with Gasteiger partial charge in [0, 0.05) is 36.9 Å². The molecular weight excluding hydrogens is 423 g/mol. The van der Waals surface area contributed by atoms with Gasteiger partial charge >= 0.3 is 6.03 Å². The lowest BCUT2D eigenvalue weighted by Crippen LogP contribution is -2.46. The number of anilines is 2. The summed E-state index contributed by atoms with van der Waals surface area (Å²) in [5.74, 6) is -0.441. The molecule has 0 atom stereocenters. The number of rotatable bonds is 5. The average molecular weight is 444 g/mol. The van der Waals surface area contributed by atoms with Gasteiger partial charge in [0.1, 0.15) is 17.1 Å². The van der Waals surface area contributed by atoms with Crippen molar-refractivity contribution < 1.29 is 14.0 Å². The molecule has 5 rings (SSSR count). The Morgan fingerprint density at radius 2 is 1.88 bits per heavy atom. The van der Waals surface area contributed by atoms with Crippen LogP contribution in [0.4, 0.5) is 20.6 Å². The third-order valence-electron chi connectivity index (χ3n) is 5.41. The Morgan fingerprint density at radius 3 is 2.67 bits per heavy atom. The summed E-state index contributed by atoms with van der Waals surface area (Å²) in [6.45, 7) is 1.26. The number of nitrogens with zero attached hydrogens (tertiary/aromatic N) is 4. The minimum atomic E-state index is -0.450. The second kappa shape index (κ2) is 8.62. The summed E-state index contributed by atoms with van der Waals surface area (Å²) in [5.41, 5.74) is 1.74. The van der Waals surface area contributed by atoms with Crippen LogP contribution in [0, 0.1) is 5.82 Å². The van der Waals surface area contributed by atoms with E-state index in [1.165, 1.54) is 16.9 Å². The molecule has 0 unspecified atom stereocenters. The normalized spacial score (nSPS) is 13.6. The second-order valence-corrected chi connectivity index (χ2v) is 7.58. The third-order valence-corrected chi connectivity index (χ3v) is 5.41. The predicted molar refractivity (Wildman–Crippen MR) is 123 cm³/mol. The zero-order chi connectivity index (χ0) is 22.8. The summed E-state index contributed by atoms with van der Waals surface area (Å²) in [6.07, 6.45) is 5.79. The molecule has 1 fully saturated rings. The van der Waals surface area contributed by atoms with Crippen LogP contribution < -0.4 is 15.5 Å². The molecule has 8 nitrogen and oxygen atoms in total. The fourth-order valence-corrected chi connectivity index (χ4v) is 3.85. The Kier molecular flexibility index (Phi) is 5.35. The standard InChI is InChI=1S/C24H21FN6O2/c25-20-9-1-2-10-21(20)31-23(29-12-3-4-13-29)19(16-27-31)22(32)28-17-7-5-8-18(15-17)30-14-6-11-26-24(30)33/h1-5,7-10,12-13,15-16H,6,11,14H2,(H,26,33)(H,28,32). The van der Waals surface area contributed by atoms with Crippen molar-refractivity contribution in [2.75, 3.05) is 23.3 Å². The van der Waals surface area contributed by atoms with Crippen LogP contribution >= 0.6 is 0 Å². The highest BCUT2D eigenvalue weighted by molar-refractivity contribution is 6.07. The van der Waals surface area contributed by atoms with Crippen LogP contribution in [0.1, 0.15) is 16.8 Å². The number of para-hydroxylation sites is 1. The molecule has 1 aliphatic rings. The fourth-order valence-electron chi connectivity index (χ4n) is 3.85. The van der Waals surface area contributed by atoms with E-state index in [2.05, 4.69) is 15.7 Å². The number of hydrogen-bond donors (Lipinski definition) is 2. The fraction of sp³-hybridized carbons (Fsp3) is 0.125. The molecule has 33 heavy (non-hydrogen) atoms. The summed E-state index contributed by atoms with van der Waals surface area (Å²) in [6, 6.07) is 16.8. The summed E-state index contributed by atoms with van der Waals surface area (Å²) < 4.78 is 17.6. The Morgan fingerprint density at radius 1 is 1.06 bits per heavy atom. The molecule has 2 aromatic carbocycles. The predicted octanol–water partition coefficient (Wildman–Crippen LogP) is 3.97. The van der Waals surface area contributed by atoms with Crippen molar-refractivity contribution in [1.82, 2.24) is 19.7 Å². The third kappa shape index (κ3) is 3.96. The number of carbonyl (C=O) groups is 2. The maximum Gasteiger partial charge on any atom is 0.321 e. The summed E-state index contributed by atoms with van der Waals surface area (Å²) in [4.78, 5) is 27.1. The lowest BCUT2D eigenvalue weighted by Gasteiger charge is -2.27. The molecule has 0 bridgehead atoms. The van der Waals surface area contributed by atoms with Gasteiger partial charge in [0.15, 0.2) is 5.82 Å². The van der Waals surface area contributed by atoms with Gasteiger partial charge in [-0.25, -0.2) is 13.9 Å². The Balaban J connectivity index is 1.48. The molecule has 0 spiro atoms. The molecule has 9 heteroatoms. The second-order valence-electron chi connectivity index (χ2n) is 7.58. The zero-order valence-electron chi connectivity index (χ0n) is 17.6. The first-order valence-electron chi connectivity index (χ1n) is 10.5. The van der Waals surface area contributed by atoms with E-state index in [0.29, 0.717) is 30.3 Å². The van der Waals surface area contributed by atoms with Crippen LogP contribution in [0.5, 0.6) is 0 Å². The minimum Gasteiger partial charge on any atom is -0.338 e. The highest BCUT2D eigenvalue weighted by Gasteiger charge is 2.23. The van der Waals surface area contributed by atoms with E-state index in [9.17, 15) is 14.0 Å². The van der Waals surface area contributed by atoms with Gasteiger partial charge in [0.25, 0.3) is 5.91 Å². The number of halogens is 1. The van der Waals surface area contributed by atoms with Gasteiger partial charge in [0.05, 0.1) is 6.20 Å². The topological polar surface area (TPSA) is 84.2 Å². The number of hydrogen-bond acceptors (Lipinski definition) is 3. The van der Waals surface area contributed by atoms with Crippen LogP contribution in [0.25, 0.3) is 11.5 Å². The number of urea groups is 1.